The molecule has 3 nitrogen and oxygen atoms in total. The standard InChI is InChI=1S/C13H24N2O/c1-3-4-5-6-7-8-9-10-16-13-11-14-15(2)12-13/h11-12H,3-10H2,1-2H3. The van der Waals surface area contributed by atoms with Gasteiger partial charge in [-0.25, -0.2) is 0 Å². The second-order valence-electron chi connectivity index (χ2n) is 4.32. The Kier molecular flexibility index (Phi) is 6.70. The number of nitrogens with zero attached hydrogens (tertiary/aromatic N) is 2. The molecule has 0 aliphatic rings. The molecule has 0 amide bonds. The van der Waals surface area contributed by atoms with Crippen LogP contribution < -0.4 is 4.74 Å². The van der Waals surface area contributed by atoms with Gasteiger partial charge in [0.15, 0.2) is 5.75 Å². The van der Waals surface area contributed by atoms with E-state index in [9.17, 15) is 0 Å². The van der Waals surface area contributed by atoms with E-state index in [-0.39, 0.29) is 0 Å². The second kappa shape index (κ2) is 8.20. The summed E-state index contributed by atoms with van der Waals surface area (Å²) < 4.78 is 7.34. The van der Waals surface area contributed by atoms with Crippen molar-refractivity contribution in [2.45, 2.75) is 51.9 Å². The average molecular weight is 224 g/mol. The van der Waals surface area contributed by atoms with Crippen molar-refractivity contribution in [1.29, 1.82) is 0 Å². The Morgan fingerprint density at radius 3 is 2.44 bits per heavy atom. The summed E-state index contributed by atoms with van der Waals surface area (Å²) in [7, 11) is 1.90. The first-order valence-electron chi connectivity index (χ1n) is 6.44. The van der Waals surface area contributed by atoms with E-state index in [1.165, 1.54) is 38.5 Å². The molecule has 0 bridgehead atoms. The fourth-order valence-electron chi connectivity index (χ4n) is 1.72. The summed E-state index contributed by atoms with van der Waals surface area (Å²) in [6.07, 6.45) is 12.9. The molecule has 1 heterocycles. The van der Waals surface area contributed by atoms with E-state index in [1.807, 2.05) is 13.2 Å². The third kappa shape index (κ3) is 5.79. The van der Waals surface area contributed by atoms with Gasteiger partial charge in [-0.15, -0.1) is 0 Å². The third-order valence-electron chi connectivity index (χ3n) is 2.70. The number of aryl methyl sites for hydroxylation is 1. The van der Waals surface area contributed by atoms with Gasteiger partial charge in [0.1, 0.15) is 0 Å². The number of ether oxygens (including phenoxy) is 1. The Balaban J connectivity index is 1.88. The van der Waals surface area contributed by atoms with E-state index in [4.69, 9.17) is 4.74 Å². The van der Waals surface area contributed by atoms with E-state index in [2.05, 4.69) is 12.0 Å². The Bertz CT molecular complexity index is 271. The summed E-state index contributed by atoms with van der Waals surface area (Å²) in [4.78, 5) is 0. The van der Waals surface area contributed by atoms with Crippen molar-refractivity contribution in [2.24, 2.45) is 7.05 Å². The van der Waals surface area contributed by atoms with Gasteiger partial charge < -0.3 is 4.74 Å². The zero-order valence-corrected chi connectivity index (χ0v) is 10.6. The van der Waals surface area contributed by atoms with Crippen LogP contribution in [0.25, 0.3) is 0 Å². The van der Waals surface area contributed by atoms with E-state index in [0.29, 0.717) is 0 Å². The molecule has 0 saturated heterocycles. The maximum Gasteiger partial charge on any atom is 0.157 e. The van der Waals surface area contributed by atoms with Gasteiger partial charge in [0, 0.05) is 7.05 Å². The van der Waals surface area contributed by atoms with Crippen LogP contribution in [0.3, 0.4) is 0 Å². The molecule has 0 aliphatic heterocycles. The summed E-state index contributed by atoms with van der Waals surface area (Å²) in [6, 6.07) is 0. The van der Waals surface area contributed by atoms with Gasteiger partial charge in [-0.1, -0.05) is 45.4 Å². The molecule has 92 valence electrons. The highest BCUT2D eigenvalue weighted by Gasteiger charge is 1.96. The molecule has 0 atom stereocenters. The van der Waals surface area contributed by atoms with Crippen LogP contribution in [-0.4, -0.2) is 16.4 Å². The molecule has 0 saturated carbocycles. The van der Waals surface area contributed by atoms with Crippen LogP contribution in [0.2, 0.25) is 0 Å². The Morgan fingerprint density at radius 2 is 1.81 bits per heavy atom. The Morgan fingerprint density at radius 1 is 1.12 bits per heavy atom. The van der Waals surface area contributed by atoms with Gasteiger partial charge in [-0.2, -0.15) is 5.10 Å². The van der Waals surface area contributed by atoms with Gasteiger partial charge >= 0.3 is 0 Å². The van der Waals surface area contributed by atoms with Crippen molar-refractivity contribution in [3.63, 3.8) is 0 Å². The normalized spacial score (nSPS) is 10.6. The second-order valence-corrected chi connectivity index (χ2v) is 4.32. The maximum atomic E-state index is 5.57. The largest absolute Gasteiger partial charge is 0.490 e. The third-order valence-corrected chi connectivity index (χ3v) is 2.70. The molecule has 3 heteroatoms. The average Bonchev–Trinajstić information content (AvgIpc) is 2.68. The smallest absolute Gasteiger partial charge is 0.157 e. The van der Waals surface area contributed by atoms with Crippen molar-refractivity contribution >= 4 is 0 Å². The van der Waals surface area contributed by atoms with Gasteiger partial charge in [0.2, 0.25) is 0 Å². The molecule has 16 heavy (non-hydrogen) atoms. The van der Waals surface area contributed by atoms with E-state index in [1.54, 1.807) is 10.9 Å². The SMILES string of the molecule is CCCCCCCCCOc1cnn(C)c1. The van der Waals surface area contributed by atoms with Gasteiger partial charge in [0.25, 0.3) is 0 Å². The first-order valence-corrected chi connectivity index (χ1v) is 6.44. The van der Waals surface area contributed by atoms with Crippen LogP contribution in [0.4, 0.5) is 0 Å². The first kappa shape index (κ1) is 13.1. The van der Waals surface area contributed by atoms with Gasteiger partial charge in [0.05, 0.1) is 19.0 Å². The lowest BCUT2D eigenvalue weighted by atomic mass is 10.1. The fraction of sp³-hybridized carbons (Fsp3) is 0.769. The van der Waals surface area contributed by atoms with Crippen molar-refractivity contribution in [1.82, 2.24) is 9.78 Å². The van der Waals surface area contributed by atoms with Crippen molar-refractivity contribution in [3.05, 3.63) is 12.4 Å². The summed E-state index contributed by atoms with van der Waals surface area (Å²) in [6.45, 7) is 3.07. The minimum atomic E-state index is 0.819. The summed E-state index contributed by atoms with van der Waals surface area (Å²) in [5, 5.41) is 4.06. The Hall–Kier alpha value is -0.990. The fourth-order valence-corrected chi connectivity index (χ4v) is 1.72. The van der Waals surface area contributed by atoms with Crippen molar-refractivity contribution in [2.75, 3.05) is 6.61 Å². The molecular formula is C13H24N2O. The monoisotopic (exact) mass is 224 g/mol. The van der Waals surface area contributed by atoms with Gasteiger partial charge in [-0.05, 0) is 6.42 Å². The highest BCUT2D eigenvalue weighted by molar-refractivity contribution is 5.10. The maximum absolute atomic E-state index is 5.57. The number of hydrogen-bond acceptors (Lipinski definition) is 2. The van der Waals surface area contributed by atoms with Gasteiger partial charge in [-0.3, -0.25) is 4.68 Å². The number of unbranched alkanes of at least 4 members (excludes halogenated alkanes) is 6. The van der Waals surface area contributed by atoms with Crippen LogP contribution >= 0.6 is 0 Å². The zero-order valence-electron chi connectivity index (χ0n) is 10.6. The zero-order chi connectivity index (χ0) is 11.6. The highest BCUT2D eigenvalue weighted by atomic mass is 16.5. The summed E-state index contributed by atoms with van der Waals surface area (Å²) in [5.74, 6) is 0.883. The lowest BCUT2D eigenvalue weighted by Crippen LogP contribution is -1.96. The molecule has 1 aromatic heterocycles. The molecule has 0 aliphatic carbocycles. The minimum Gasteiger partial charge on any atom is -0.490 e. The molecular weight excluding hydrogens is 200 g/mol. The van der Waals surface area contributed by atoms with Crippen LogP contribution in [0.5, 0.6) is 5.75 Å². The molecule has 1 rings (SSSR count). The minimum absolute atomic E-state index is 0.819. The van der Waals surface area contributed by atoms with Crippen molar-refractivity contribution < 1.29 is 4.74 Å². The molecule has 0 unspecified atom stereocenters. The molecule has 0 radical (unpaired) electrons. The van der Waals surface area contributed by atoms with E-state index in [0.717, 1.165) is 18.8 Å². The van der Waals surface area contributed by atoms with Crippen molar-refractivity contribution in [3.8, 4) is 5.75 Å². The van der Waals surface area contributed by atoms with Crippen LogP contribution in [0.15, 0.2) is 12.4 Å². The Labute approximate surface area is 98.8 Å². The van der Waals surface area contributed by atoms with E-state index >= 15 is 0 Å². The topological polar surface area (TPSA) is 27.1 Å². The summed E-state index contributed by atoms with van der Waals surface area (Å²) >= 11 is 0. The molecule has 0 aromatic carbocycles. The van der Waals surface area contributed by atoms with E-state index < -0.39 is 0 Å². The number of hydrogen-bond donors (Lipinski definition) is 0. The molecule has 0 fully saturated rings. The quantitative estimate of drug-likeness (QED) is 0.600. The highest BCUT2D eigenvalue weighted by Crippen LogP contribution is 2.10. The molecule has 0 N–H and O–H groups in total. The molecule has 1 aromatic rings. The predicted molar refractivity (Wildman–Crippen MR) is 66.7 cm³/mol. The lowest BCUT2D eigenvalue weighted by Gasteiger charge is -2.03. The predicted octanol–water partition coefficient (Wildman–Crippen LogP) is 3.55. The number of aromatic nitrogens is 2. The molecule has 0 spiro atoms. The lowest BCUT2D eigenvalue weighted by molar-refractivity contribution is 0.304. The van der Waals surface area contributed by atoms with Crippen LogP contribution in [-0.2, 0) is 7.05 Å². The number of rotatable bonds is 9. The first-order chi connectivity index (χ1) is 7.83. The van der Waals surface area contributed by atoms with Crippen LogP contribution in [0.1, 0.15) is 51.9 Å². The van der Waals surface area contributed by atoms with Crippen LogP contribution in [0, 0.1) is 0 Å². The summed E-state index contributed by atoms with van der Waals surface area (Å²) in [5.41, 5.74) is 0.